The molecule has 20 heavy (non-hydrogen) atoms. The molecule has 1 N–H and O–H groups in total. The Labute approximate surface area is 121 Å². The van der Waals surface area contributed by atoms with E-state index in [1.807, 2.05) is 0 Å². The minimum Gasteiger partial charge on any atom is -0.380 e. The van der Waals surface area contributed by atoms with Crippen LogP contribution in [0.2, 0.25) is 0 Å². The molecule has 1 aliphatic rings. The molecule has 1 saturated heterocycles. The zero-order valence-electron chi connectivity index (χ0n) is 11.9. The van der Waals surface area contributed by atoms with E-state index in [1.165, 1.54) is 16.7 Å². The van der Waals surface area contributed by atoms with Crippen molar-refractivity contribution in [3.05, 3.63) is 0 Å². The largest absolute Gasteiger partial charge is 0.417 e. The molecule has 7 heteroatoms. The number of carbonyl (C=O) groups excluding carboxylic acids is 1. The van der Waals surface area contributed by atoms with Gasteiger partial charge in [-0.1, -0.05) is 13.8 Å². The number of hydrogen-bond acceptors (Lipinski definition) is 3. The highest BCUT2D eigenvalue weighted by Crippen LogP contribution is 2.38. The minimum atomic E-state index is -4.62. The SMILES string of the molecule is CC(C)CCSCC(=O)N1CCC(O)(C(F)(F)F)CC1. The van der Waals surface area contributed by atoms with Gasteiger partial charge in [-0.15, -0.1) is 0 Å². The summed E-state index contributed by atoms with van der Waals surface area (Å²) in [5.74, 6) is 1.62. The lowest BCUT2D eigenvalue weighted by molar-refractivity contribution is -0.272. The zero-order valence-corrected chi connectivity index (χ0v) is 12.7. The van der Waals surface area contributed by atoms with Crippen molar-refractivity contribution in [3.63, 3.8) is 0 Å². The zero-order chi connectivity index (χ0) is 15.4. The van der Waals surface area contributed by atoms with Crippen molar-refractivity contribution in [1.82, 2.24) is 4.90 Å². The molecule has 0 aliphatic carbocycles. The minimum absolute atomic E-state index is 0.0282. The summed E-state index contributed by atoms with van der Waals surface area (Å²) in [5.41, 5.74) is -2.63. The summed E-state index contributed by atoms with van der Waals surface area (Å²) in [5, 5.41) is 9.51. The lowest BCUT2D eigenvalue weighted by Gasteiger charge is -2.39. The highest BCUT2D eigenvalue weighted by molar-refractivity contribution is 7.99. The van der Waals surface area contributed by atoms with Gasteiger partial charge in [-0.05, 0) is 18.1 Å². The van der Waals surface area contributed by atoms with E-state index in [4.69, 9.17) is 0 Å². The lowest BCUT2D eigenvalue weighted by atomic mass is 9.91. The Hall–Kier alpha value is -0.430. The number of thioether (sulfide) groups is 1. The van der Waals surface area contributed by atoms with Gasteiger partial charge in [-0.2, -0.15) is 24.9 Å². The Kier molecular flexibility index (Phi) is 6.19. The maximum atomic E-state index is 12.6. The maximum Gasteiger partial charge on any atom is 0.417 e. The van der Waals surface area contributed by atoms with Crippen LogP contribution in [0.3, 0.4) is 0 Å². The van der Waals surface area contributed by atoms with Crippen molar-refractivity contribution in [2.24, 2.45) is 5.92 Å². The average Bonchev–Trinajstić information content (AvgIpc) is 2.33. The Bertz CT molecular complexity index is 326. The molecule has 3 nitrogen and oxygen atoms in total. The standard InChI is InChI=1S/C13H22F3NO2S/c1-10(2)3-8-20-9-11(18)17-6-4-12(19,5-7-17)13(14,15)16/h10,19H,3-9H2,1-2H3. The Morgan fingerprint density at radius 3 is 2.35 bits per heavy atom. The Balaban J connectivity index is 2.32. The molecule has 0 bridgehead atoms. The third kappa shape index (κ3) is 4.84. The molecular formula is C13H22F3NO2S. The molecule has 0 atom stereocenters. The van der Waals surface area contributed by atoms with Gasteiger partial charge in [0.2, 0.25) is 5.91 Å². The van der Waals surface area contributed by atoms with Gasteiger partial charge in [0.25, 0.3) is 0 Å². The number of amides is 1. The van der Waals surface area contributed by atoms with Gasteiger partial charge in [-0.3, -0.25) is 4.79 Å². The van der Waals surface area contributed by atoms with E-state index in [-0.39, 0.29) is 19.0 Å². The quantitative estimate of drug-likeness (QED) is 0.793. The number of piperidine rings is 1. The van der Waals surface area contributed by atoms with Gasteiger partial charge in [0, 0.05) is 25.9 Å². The van der Waals surface area contributed by atoms with Gasteiger partial charge >= 0.3 is 6.18 Å². The van der Waals surface area contributed by atoms with Crippen molar-refractivity contribution in [2.75, 3.05) is 24.6 Å². The van der Waals surface area contributed by atoms with Crippen LogP contribution in [0.25, 0.3) is 0 Å². The number of likely N-dealkylation sites (tertiary alicyclic amines) is 1. The molecule has 0 unspecified atom stereocenters. The summed E-state index contributed by atoms with van der Waals surface area (Å²) in [7, 11) is 0. The summed E-state index contributed by atoms with van der Waals surface area (Å²) in [6, 6.07) is 0. The van der Waals surface area contributed by atoms with Crippen molar-refractivity contribution < 1.29 is 23.1 Å². The topological polar surface area (TPSA) is 40.5 Å². The van der Waals surface area contributed by atoms with E-state index in [9.17, 15) is 23.1 Å². The molecule has 1 fully saturated rings. The molecule has 1 heterocycles. The summed E-state index contributed by atoms with van der Waals surface area (Å²) in [6.45, 7) is 4.15. The first-order chi connectivity index (χ1) is 9.16. The highest BCUT2D eigenvalue weighted by Gasteiger charge is 2.54. The van der Waals surface area contributed by atoms with Crippen molar-refractivity contribution in [3.8, 4) is 0 Å². The van der Waals surface area contributed by atoms with Crippen molar-refractivity contribution in [2.45, 2.75) is 44.9 Å². The lowest BCUT2D eigenvalue weighted by Crippen LogP contribution is -2.54. The maximum absolute atomic E-state index is 12.6. The second-order valence-corrected chi connectivity index (χ2v) is 6.75. The normalized spacial score (nSPS) is 19.4. The highest BCUT2D eigenvalue weighted by atomic mass is 32.2. The third-order valence-corrected chi connectivity index (χ3v) is 4.51. The second kappa shape index (κ2) is 7.02. The Morgan fingerprint density at radius 2 is 1.90 bits per heavy atom. The molecule has 1 amide bonds. The predicted molar refractivity (Wildman–Crippen MR) is 73.6 cm³/mol. The predicted octanol–water partition coefficient (Wildman–Crippen LogP) is 2.68. The van der Waals surface area contributed by atoms with E-state index in [2.05, 4.69) is 13.8 Å². The summed E-state index contributed by atoms with van der Waals surface area (Å²) in [6.07, 6.45) is -4.46. The fraction of sp³-hybridized carbons (Fsp3) is 0.923. The first-order valence-electron chi connectivity index (χ1n) is 6.80. The number of nitrogens with zero attached hydrogens (tertiary/aromatic N) is 1. The van der Waals surface area contributed by atoms with Crippen LogP contribution < -0.4 is 0 Å². The van der Waals surface area contributed by atoms with Crippen LogP contribution in [0.5, 0.6) is 0 Å². The molecule has 0 aromatic carbocycles. The van der Waals surface area contributed by atoms with Crippen LogP contribution >= 0.6 is 11.8 Å². The van der Waals surface area contributed by atoms with Gasteiger partial charge in [0.05, 0.1) is 5.75 Å². The summed E-state index contributed by atoms with van der Waals surface area (Å²) < 4.78 is 37.9. The first kappa shape index (κ1) is 17.6. The smallest absolute Gasteiger partial charge is 0.380 e. The average molecular weight is 313 g/mol. The fourth-order valence-corrected chi connectivity index (χ4v) is 3.12. The van der Waals surface area contributed by atoms with Crippen molar-refractivity contribution >= 4 is 17.7 Å². The number of rotatable bonds is 5. The molecule has 0 saturated carbocycles. The molecule has 0 aromatic heterocycles. The number of halogens is 3. The Morgan fingerprint density at radius 1 is 1.35 bits per heavy atom. The number of carbonyl (C=O) groups is 1. The van der Waals surface area contributed by atoms with Gasteiger partial charge in [0.15, 0.2) is 5.60 Å². The summed E-state index contributed by atoms with van der Waals surface area (Å²) >= 11 is 1.51. The fourth-order valence-electron chi connectivity index (χ4n) is 1.98. The van der Waals surface area contributed by atoms with Crippen LogP contribution in [0, 0.1) is 5.92 Å². The van der Waals surface area contributed by atoms with E-state index >= 15 is 0 Å². The molecular weight excluding hydrogens is 291 g/mol. The van der Waals surface area contributed by atoms with Crippen LogP contribution in [0.4, 0.5) is 13.2 Å². The van der Waals surface area contributed by atoms with Crippen LogP contribution in [-0.2, 0) is 4.79 Å². The van der Waals surface area contributed by atoms with Gasteiger partial charge < -0.3 is 10.0 Å². The van der Waals surface area contributed by atoms with Crippen LogP contribution in [-0.4, -0.2) is 52.3 Å². The van der Waals surface area contributed by atoms with Gasteiger partial charge in [0.1, 0.15) is 0 Å². The summed E-state index contributed by atoms with van der Waals surface area (Å²) in [4.78, 5) is 13.3. The van der Waals surface area contributed by atoms with E-state index < -0.39 is 24.6 Å². The number of alkyl halides is 3. The van der Waals surface area contributed by atoms with E-state index in [1.54, 1.807) is 0 Å². The van der Waals surface area contributed by atoms with Crippen molar-refractivity contribution in [1.29, 1.82) is 0 Å². The third-order valence-electron chi connectivity index (χ3n) is 3.54. The number of hydrogen-bond donors (Lipinski definition) is 1. The van der Waals surface area contributed by atoms with Crippen LogP contribution in [0.1, 0.15) is 33.1 Å². The molecule has 0 radical (unpaired) electrons. The second-order valence-electron chi connectivity index (χ2n) is 5.65. The molecule has 1 rings (SSSR count). The van der Waals surface area contributed by atoms with E-state index in [0.717, 1.165) is 12.2 Å². The van der Waals surface area contributed by atoms with E-state index in [0.29, 0.717) is 11.7 Å². The number of aliphatic hydroxyl groups is 1. The first-order valence-corrected chi connectivity index (χ1v) is 7.96. The molecule has 0 spiro atoms. The molecule has 118 valence electrons. The van der Waals surface area contributed by atoms with Gasteiger partial charge in [-0.25, -0.2) is 0 Å². The molecule has 1 aliphatic heterocycles. The van der Waals surface area contributed by atoms with Crippen LogP contribution in [0.15, 0.2) is 0 Å². The molecule has 0 aromatic rings. The monoisotopic (exact) mass is 313 g/mol.